The van der Waals surface area contributed by atoms with Crippen molar-refractivity contribution in [3.05, 3.63) is 91.1 Å². The standard InChI is InChI=1S/C22H9N5S2/c1-12-8-18-22(28-12)27-19(29-18)9-15-20(16(10-23)25-2)13-6-4-5-7-14(13)21(15)17(11-24)26-3/h4-9H,1H3/b20-16-,21-17-. The third-order valence-electron chi connectivity index (χ3n) is 4.41. The lowest BCUT2D eigenvalue weighted by atomic mass is 10.0. The summed E-state index contributed by atoms with van der Waals surface area (Å²) in [6.07, 6.45) is 1.78. The summed E-state index contributed by atoms with van der Waals surface area (Å²) in [5, 5.41) is 19.8. The fourth-order valence-corrected chi connectivity index (χ4v) is 5.39. The zero-order valence-electron chi connectivity index (χ0n) is 15.0. The van der Waals surface area contributed by atoms with E-state index in [0.29, 0.717) is 32.9 Å². The number of thiazole rings is 1. The highest BCUT2D eigenvalue weighted by Gasteiger charge is 2.31. The van der Waals surface area contributed by atoms with Crippen LogP contribution in [0, 0.1) is 42.7 Å². The third kappa shape index (κ3) is 2.92. The zero-order chi connectivity index (χ0) is 20.5. The normalized spacial score (nSPS) is 15.7. The Morgan fingerprint density at radius 3 is 2.10 bits per heavy atom. The summed E-state index contributed by atoms with van der Waals surface area (Å²) in [5.41, 5.74) is 2.60. The van der Waals surface area contributed by atoms with Gasteiger partial charge in [-0.05, 0) is 35.8 Å². The average Bonchev–Trinajstić information content (AvgIpc) is 3.35. The fourth-order valence-electron chi connectivity index (χ4n) is 3.31. The number of aryl methyl sites for hydroxylation is 1. The zero-order valence-corrected chi connectivity index (χ0v) is 16.6. The van der Waals surface area contributed by atoms with Gasteiger partial charge in [0, 0.05) is 16.0 Å². The van der Waals surface area contributed by atoms with Gasteiger partial charge in [0.1, 0.15) is 9.84 Å². The van der Waals surface area contributed by atoms with Crippen LogP contribution in [0.2, 0.25) is 0 Å². The summed E-state index contributed by atoms with van der Waals surface area (Å²) in [5.74, 6) is 0. The summed E-state index contributed by atoms with van der Waals surface area (Å²) in [4.78, 5) is 13.5. The summed E-state index contributed by atoms with van der Waals surface area (Å²) in [7, 11) is 0. The van der Waals surface area contributed by atoms with Gasteiger partial charge in [0.05, 0.1) is 30.0 Å². The van der Waals surface area contributed by atoms with Gasteiger partial charge in [-0.1, -0.05) is 24.3 Å². The molecule has 1 aliphatic rings. The van der Waals surface area contributed by atoms with Crippen molar-refractivity contribution in [2.75, 3.05) is 0 Å². The molecule has 0 unspecified atom stereocenters. The molecule has 0 fully saturated rings. The van der Waals surface area contributed by atoms with Gasteiger partial charge in [0.15, 0.2) is 0 Å². The molecule has 2 heterocycles. The summed E-state index contributed by atoms with van der Waals surface area (Å²) in [6.45, 7) is 16.9. The minimum atomic E-state index is -0.0739. The summed E-state index contributed by atoms with van der Waals surface area (Å²) >= 11 is 3.09. The van der Waals surface area contributed by atoms with Crippen LogP contribution in [-0.4, -0.2) is 4.98 Å². The highest BCUT2D eigenvalue weighted by molar-refractivity contribution is 7.27. The quantitative estimate of drug-likeness (QED) is 0.363. The Morgan fingerprint density at radius 2 is 1.62 bits per heavy atom. The van der Waals surface area contributed by atoms with Crippen molar-refractivity contribution in [1.29, 1.82) is 10.5 Å². The van der Waals surface area contributed by atoms with Crippen LogP contribution < -0.4 is 0 Å². The number of fused-ring (bicyclic) bond motifs is 2. The van der Waals surface area contributed by atoms with Crippen LogP contribution in [0.3, 0.4) is 0 Å². The number of benzene rings is 1. The summed E-state index contributed by atoms with van der Waals surface area (Å²) < 4.78 is 1.06. The van der Waals surface area contributed by atoms with Crippen molar-refractivity contribution in [1.82, 2.24) is 4.98 Å². The van der Waals surface area contributed by atoms with E-state index in [0.717, 1.165) is 9.53 Å². The number of hydrogen-bond acceptors (Lipinski definition) is 5. The minimum Gasteiger partial charge on any atom is -0.226 e. The molecule has 7 heteroatoms. The molecule has 0 aliphatic heterocycles. The molecule has 1 aliphatic carbocycles. The van der Waals surface area contributed by atoms with E-state index in [4.69, 9.17) is 13.1 Å². The average molecular weight is 407 g/mol. The van der Waals surface area contributed by atoms with Crippen molar-refractivity contribution < 1.29 is 0 Å². The topological polar surface area (TPSA) is 69.2 Å². The van der Waals surface area contributed by atoms with E-state index >= 15 is 0 Å². The molecule has 0 amide bonds. The van der Waals surface area contributed by atoms with Gasteiger partial charge in [-0.3, -0.25) is 0 Å². The number of aromatic nitrogens is 1. The monoisotopic (exact) mass is 407 g/mol. The van der Waals surface area contributed by atoms with Crippen LogP contribution in [0.1, 0.15) is 21.0 Å². The molecule has 0 N–H and O–H groups in total. The van der Waals surface area contributed by atoms with Crippen molar-refractivity contribution in [2.24, 2.45) is 0 Å². The largest absolute Gasteiger partial charge is 0.270 e. The SMILES string of the molecule is [C-]#[N+]/C(C#N)=C1\C(=Cc2nc3sc(C)cc3s2)/C(=C(/C#N)[N+]#[C-])c2ccccc21. The summed E-state index contributed by atoms with van der Waals surface area (Å²) in [6, 6.07) is 13.2. The molecular weight excluding hydrogens is 398 g/mol. The Kier molecular flexibility index (Phi) is 4.55. The maximum absolute atomic E-state index is 9.55. The second kappa shape index (κ2) is 7.19. The molecule has 134 valence electrons. The number of thiophene rings is 1. The molecule has 0 spiro atoms. The lowest BCUT2D eigenvalue weighted by Gasteiger charge is -2.04. The molecule has 0 saturated carbocycles. The van der Waals surface area contributed by atoms with E-state index in [1.807, 2.05) is 31.2 Å². The first kappa shape index (κ1) is 18.4. The van der Waals surface area contributed by atoms with Gasteiger partial charge in [0.25, 0.3) is 11.4 Å². The Balaban J connectivity index is 2.09. The predicted molar refractivity (Wildman–Crippen MR) is 115 cm³/mol. The van der Waals surface area contributed by atoms with E-state index < -0.39 is 0 Å². The molecule has 1 aromatic carbocycles. The van der Waals surface area contributed by atoms with E-state index in [1.165, 1.54) is 16.2 Å². The minimum absolute atomic E-state index is 0.0739. The fraction of sp³-hybridized carbons (Fsp3) is 0.0455. The molecule has 3 aromatic rings. The number of nitrogens with zero attached hydrogens (tertiary/aromatic N) is 5. The second-order valence-electron chi connectivity index (χ2n) is 6.08. The van der Waals surface area contributed by atoms with E-state index in [9.17, 15) is 10.5 Å². The third-order valence-corrected chi connectivity index (χ3v) is 6.43. The Morgan fingerprint density at radius 1 is 1.03 bits per heavy atom. The molecule has 0 radical (unpaired) electrons. The first-order valence-corrected chi connectivity index (χ1v) is 9.97. The van der Waals surface area contributed by atoms with Crippen molar-refractivity contribution in [2.45, 2.75) is 6.92 Å². The van der Waals surface area contributed by atoms with Gasteiger partial charge in [-0.2, -0.15) is 0 Å². The van der Waals surface area contributed by atoms with Crippen LogP contribution in [-0.2, 0) is 0 Å². The lowest BCUT2D eigenvalue weighted by Crippen LogP contribution is -1.88. The van der Waals surface area contributed by atoms with E-state index in [2.05, 4.69) is 20.7 Å². The number of nitriles is 2. The van der Waals surface area contributed by atoms with Crippen molar-refractivity contribution in [3.8, 4) is 12.1 Å². The Hall–Kier alpha value is -4.01. The van der Waals surface area contributed by atoms with Gasteiger partial charge >= 0.3 is 0 Å². The molecule has 29 heavy (non-hydrogen) atoms. The number of hydrogen-bond donors (Lipinski definition) is 0. The van der Waals surface area contributed by atoms with Gasteiger partial charge < -0.3 is 0 Å². The highest BCUT2D eigenvalue weighted by Crippen LogP contribution is 2.49. The Bertz CT molecular complexity index is 1320. The number of allylic oxidation sites excluding steroid dienone is 5. The first-order chi connectivity index (χ1) is 14.1. The van der Waals surface area contributed by atoms with Crippen LogP contribution in [0.5, 0.6) is 0 Å². The molecule has 4 rings (SSSR count). The molecule has 5 nitrogen and oxygen atoms in total. The maximum Gasteiger partial charge on any atom is 0.270 e. The highest BCUT2D eigenvalue weighted by atomic mass is 32.1. The van der Waals surface area contributed by atoms with Crippen LogP contribution >= 0.6 is 22.7 Å². The van der Waals surface area contributed by atoms with Gasteiger partial charge in [-0.25, -0.2) is 25.2 Å². The van der Waals surface area contributed by atoms with E-state index in [1.54, 1.807) is 29.5 Å². The molecule has 2 aromatic heterocycles. The van der Waals surface area contributed by atoms with E-state index in [-0.39, 0.29) is 11.4 Å². The Labute approximate surface area is 175 Å². The molecule has 0 bridgehead atoms. The first-order valence-electron chi connectivity index (χ1n) is 8.34. The van der Waals surface area contributed by atoms with Crippen LogP contribution in [0.25, 0.3) is 36.4 Å². The molecular formula is C22H9N5S2. The number of rotatable bonds is 1. The van der Waals surface area contributed by atoms with Crippen LogP contribution in [0.15, 0.2) is 47.3 Å². The second-order valence-corrected chi connectivity index (χ2v) is 8.37. The lowest BCUT2D eigenvalue weighted by molar-refractivity contribution is 1.48. The van der Waals surface area contributed by atoms with Gasteiger partial charge in [-0.15, -0.1) is 22.7 Å². The van der Waals surface area contributed by atoms with Crippen molar-refractivity contribution >= 4 is 49.4 Å². The van der Waals surface area contributed by atoms with Gasteiger partial charge in [0.2, 0.25) is 0 Å². The maximum atomic E-state index is 9.55. The molecule has 0 saturated heterocycles. The molecule has 0 atom stereocenters. The van der Waals surface area contributed by atoms with Crippen molar-refractivity contribution in [3.63, 3.8) is 0 Å². The predicted octanol–water partition coefficient (Wildman–Crippen LogP) is 6.07. The smallest absolute Gasteiger partial charge is 0.226 e. The van der Waals surface area contributed by atoms with Crippen LogP contribution in [0.4, 0.5) is 0 Å².